The molecule has 2 aliphatic rings. The highest BCUT2D eigenvalue weighted by Crippen LogP contribution is 2.47. The van der Waals surface area contributed by atoms with Gasteiger partial charge in [0.2, 0.25) is 0 Å². The molecular weight excluding hydrogens is 612 g/mol. The van der Waals surface area contributed by atoms with Crippen molar-refractivity contribution in [3.8, 4) is 17.0 Å². The summed E-state index contributed by atoms with van der Waals surface area (Å²) >= 11 is 2.91. The number of primary amides is 1. The molecule has 2 aliphatic carbocycles. The summed E-state index contributed by atoms with van der Waals surface area (Å²) in [5.41, 5.74) is 4.77. The number of aliphatic hydroxyl groups is 1. The van der Waals surface area contributed by atoms with Gasteiger partial charge in [0.25, 0.3) is 11.8 Å². The number of ether oxygens (including phenoxy) is 1. The van der Waals surface area contributed by atoms with Crippen molar-refractivity contribution < 1.29 is 28.2 Å². The average Bonchev–Trinajstić information content (AvgIpc) is 3.91. The second kappa shape index (κ2) is 10.7. The summed E-state index contributed by atoms with van der Waals surface area (Å²) in [6.07, 6.45) is 5.39. The number of carbonyl (C=O) groups is 2. The van der Waals surface area contributed by atoms with Crippen molar-refractivity contribution in [1.29, 1.82) is 0 Å². The molecule has 2 heterocycles. The Labute approximate surface area is 248 Å². The Kier molecular flexibility index (Phi) is 7.22. The Bertz CT molecular complexity index is 1740. The molecule has 42 heavy (non-hydrogen) atoms. The number of nitrogens with one attached hydrogen (secondary N) is 1. The zero-order chi connectivity index (χ0) is 29.8. The topological polar surface area (TPSA) is 132 Å². The van der Waals surface area contributed by atoms with Crippen LogP contribution in [0.5, 0.6) is 5.75 Å². The molecule has 4 N–H and O–H groups in total. The number of aromatic nitrogens is 3. The molecule has 2 aromatic heterocycles. The van der Waals surface area contributed by atoms with Gasteiger partial charge in [-0.3, -0.25) is 14.3 Å². The van der Waals surface area contributed by atoms with Gasteiger partial charge in [-0.25, -0.2) is 13.8 Å². The largest absolute Gasteiger partial charge is 0.491 e. The van der Waals surface area contributed by atoms with E-state index in [1.165, 1.54) is 12.1 Å². The fourth-order valence-electron chi connectivity index (χ4n) is 5.15. The maximum absolute atomic E-state index is 15.3. The third-order valence-electron chi connectivity index (χ3n) is 7.74. The summed E-state index contributed by atoms with van der Waals surface area (Å²) in [6, 6.07) is 9.15. The van der Waals surface area contributed by atoms with E-state index in [9.17, 15) is 19.1 Å². The number of hydrogen-bond acceptors (Lipinski definition) is 6. The van der Waals surface area contributed by atoms with E-state index in [2.05, 4.69) is 31.3 Å². The van der Waals surface area contributed by atoms with Crippen molar-refractivity contribution in [2.45, 2.75) is 44.2 Å². The first-order chi connectivity index (χ1) is 20.1. The van der Waals surface area contributed by atoms with E-state index in [4.69, 9.17) is 10.5 Å². The Morgan fingerprint density at radius 2 is 1.95 bits per heavy atom. The SMILES string of the molecule is CCOc1c(C(N)=O)cc([C@@](O)(CNC(=O)c2ccc3nn(C4CC4)cc3c2)C2CC2)nc1-c1ccc(F)c(Br)c1F. The molecule has 0 spiro atoms. The summed E-state index contributed by atoms with van der Waals surface area (Å²) in [7, 11) is 0. The number of fused-ring (bicyclic) bond motifs is 1. The van der Waals surface area contributed by atoms with E-state index >= 15 is 4.39 Å². The quantitative estimate of drug-likeness (QED) is 0.209. The molecule has 4 aromatic rings. The van der Waals surface area contributed by atoms with Gasteiger partial charge in [0.05, 0.1) is 40.4 Å². The molecule has 6 rings (SSSR count). The van der Waals surface area contributed by atoms with Gasteiger partial charge in [0.1, 0.15) is 22.9 Å². The molecule has 1 atom stereocenters. The Morgan fingerprint density at radius 3 is 2.62 bits per heavy atom. The predicted molar refractivity (Wildman–Crippen MR) is 154 cm³/mol. The first-order valence-corrected chi connectivity index (χ1v) is 14.5. The highest BCUT2D eigenvalue weighted by atomic mass is 79.9. The minimum Gasteiger partial charge on any atom is -0.491 e. The molecule has 2 amide bonds. The number of benzene rings is 2. The van der Waals surface area contributed by atoms with Crippen molar-refractivity contribution in [3.63, 3.8) is 0 Å². The minimum absolute atomic E-state index is 0.0126. The van der Waals surface area contributed by atoms with Gasteiger partial charge in [-0.2, -0.15) is 5.10 Å². The second-order valence-electron chi connectivity index (χ2n) is 10.7. The second-order valence-corrected chi connectivity index (χ2v) is 11.5. The van der Waals surface area contributed by atoms with Gasteiger partial charge in [-0.1, -0.05) is 0 Å². The number of nitrogens with two attached hydrogens (primary N) is 1. The Hall–Kier alpha value is -3.90. The van der Waals surface area contributed by atoms with Crippen molar-refractivity contribution >= 4 is 38.6 Å². The van der Waals surface area contributed by atoms with Crippen LogP contribution < -0.4 is 15.8 Å². The number of rotatable bonds is 10. The number of hydrogen-bond donors (Lipinski definition) is 3. The molecule has 2 saturated carbocycles. The fraction of sp³-hybridized carbons (Fsp3) is 0.333. The third-order valence-corrected chi connectivity index (χ3v) is 8.46. The van der Waals surface area contributed by atoms with Gasteiger partial charge in [-0.05, 0) is 90.9 Å². The third kappa shape index (κ3) is 5.13. The molecule has 9 nitrogen and oxygen atoms in total. The van der Waals surface area contributed by atoms with Crippen LogP contribution in [-0.4, -0.2) is 44.8 Å². The van der Waals surface area contributed by atoms with Gasteiger partial charge in [0.15, 0.2) is 5.75 Å². The van der Waals surface area contributed by atoms with E-state index in [0.29, 0.717) is 24.4 Å². The standard InChI is InChI=1S/C30H28BrF2N5O4/c1-2-42-27-20(28(34)39)12-23(36-26(27)19-8-9-21(32)24(31)25(19)33)30(41,17-4-5-17)14-35-29(40)15-3-10-22-16(11-15)13-38(37-22)18-6-7-18/h3,8-13,17-18,41H,2,4-7,14H2,1H3,(H2,34,39)(H,35,40)/t30-/m1/s1. The van der Waals surface area contributed by atoms with E-state index in [-0.39, 0.29) is 47.3 Å². The van der Waals surface area contributed by atoms with E-state index in [1.54, 1.807) is 25.1 Å². The van der Waals surface area contributed by atoms with Crippen LogP contribution in [0.4, 0.5) is 8.78 Å². The molecule has 0 radical (unpaired) electrons. The Morgan fingerprint density at radius 1 is 1.19 bits per heavy atom. The molecule has 0 saturated heterocycles. The summed E-state index contributed by atoms with van der Waals surface area (Å²) in [5.74, 6) is -3.46. The van der Waals surface area contributed by atoms with Crippen LogP contribution in [0.1, 0.15) is 65.1 Å². The van der Waals surface area contributed by atoms with Crippen LogP contribution in [0.2, 0.25) is 0 Å². The van der Waals surface area contributed by atoms with E-state index < -0.39 is 33.5 Å². The van der Waals surface area contributed by atoms with Crippen LogP contribution in [-0.2, 0) is 5.60 Å². The predicted octanol–water partition coefficient (Wildman–Crippen LogP) is 5.00. The average molecular weight is 640 g/mol. The van der Waals surface area contributed by atoms with Crippen LogP contribution in [0, 0.1) is 17.6 Å². The van der Waals surface area contributed by atoms with E-state index in [0.717, 1.165) is 29.8 Å². The number of amides is 2. The Balaban J connectivity index is 1.36. The van der Waals surface area contributed by atoms with Gasteiger partial charge < -0.3 is 20.9 Å². The highest BCUT2D eigenvalue weighted by Gasteiger charge is 2.47. The summed E-state index contributed by atoms with van der Waals surface area (Å²) in [4.78, 5) is 30.3. The van der Waals surface area contributed by atoms with Crippen molar-refractivity contribution in [2.24, 2.45) is 11.7 Å². The van der Waals surface area contributed by atoms with Crippen LogP contribution in [0.3, 0.4) is 0 Å². The molecule has 12 heteroatoms. The smallest absolute Gasteiger partial charge is 0.252 e. The lowest BCUT2D eigenvalue weighted by Gasteiger charge is -2.29. The molecular formula is C30H28BrF2N5O4. The summed E-state index contributed by atoms with van der Waals surface area (Å²) < 4.78 is 36.5. The van der Waals surface area contributed by atoms with Crippen molar-refractivity contribution in [2.75, 3.05) is 13.2 Å². The normalized spacial score (nSPS) is 16.3. The minimum atomic E-state index is -1.71. The van der Waals surface area contributed by atoms with Crippen LogP contribution in [0.25, 0.3) is 22.2 Å². The maximum Gasteiger partial charge on any atom is 0.252 e. The van der Waals surface area contributed by atoms with E-state index in [1.807, 2.05) is 10.9 Å². The summed E-state index contributed by atoms with van der Waals surface area (Å²) in [5, 5.41) is 20.2. The first kappa shape index (κ1) is 28.2. The number of pyridine rings is 1. The molecule has 2 aromatic carbocycles. The first-order valence-electron chi connectivity index (χ1n) is 13.7. The number of halogens is 3. The maximum atomic E-state index is 15.3. The number of nitrogens with zero attached hydrogens (tertiary/aromatic N) is 3. The molecule has 0 bridgehead atoms. The lowest BCUT2D eigenvalue weighted by Crippen LogP contribution is -2.43. The molecule has 0 aliphatic heterocycles. The zero-order valence-corrected chi connectivity index (χ0v) is 24.2. The van der Waals surface area contributed by atoms with Gasteiger partial charge >= 0.3 is 0 Å². The van der Waals surface area contributed by atoms with Crippen molar-refractivity contribution in [3.05, 3.63) is 75.5 Å². The lowest BCUT2D eigenvalue weighted by molar-refractivity contribution is 0.00946. The zero-order valence-electron chi connectivity index (χ0n) is 22.7. The highest BCUT2D eigenvalue weighted by molar-refractivity contribution is 9.10. The van der Waals surface area contributed by atoms with Gasteiger partial charge in [0, 0.05) is 22.7 Å². The summed E-state index contributed by atoms with van der Waals surface area (Å²) in [6.45, 7) is 1.54. The molecule has 218 valence electrons. The monoisotopic (exact) mass is 639 g/mol. The molecule has 2 fully saturated rings. The van der Waals surface area contributed by atoms with Crippen LogP contribution >= 0.6 is 15.9 Å². The lowest BCUT2D eigenvalue weighted by atomic mass is 9.90. The van der Waals surface area contributed by atoms with Crippen molar-refractivity contribution in [1.82, 2.24) is 20.1 Å². The molecule has 0 unspecified atom stereocenters. The fourth-order valence-corrected chi connectivity index (χ4v) is 5.50. The number of carbonyl (C=O) groups excluding carboxylic acids is 2. The van der Waals surface area contributed by atoms with Gasteiger partial charge in [-0.15, -0.1) is 0 Å². The van der Waals surface area contributed by atoms with Crippen LogP contribution in [0.15, 0.2) is 47.1 Å².